The molecule has 11 nitrogen and oxygen atoms in total. The van der Waals surface area contributed by atoms with E-state index in [4.69, 9.17) is 9.47 Å². The number of hydrogen-bond donors (Lipinski definition) is 1. The van der Waals surface area contributed by atoms with Gasteiger partial charge in [-0.15, -0.1) is 0 Å². The highest BCUT2D eigenvalue weighted by Crippen LogP contribution is 2.35. The predicted molar refractivity (Wildman–Crippen MR) is 156 cm³/mol. The van der Waals surface area contributed by atoms with Crippen molar-refractivity contribution in [2.45, 2.75) is 38.0 Å². The summed E-state index contributed by atoms with van der Waals surface area (Å²) >= 11 is 0. The molecule has 0 radical (unpaired) electrons. The smallest absolute Gasteiger partial charge is 0.316 e. The van der Waals surface area contributed by atoms with E-state index in [9.17, 15) is 8.42 Å². The first kappa shape index (κ1) is 29.4. The van der Waals surface area contributed by atoms with Crippen LogP contribution in [-0.4, -0.2) is 54.9 Å². The number of oxime groups is 1. The normalized spacial score (nSPS) is 11.8. The highest BCUT2D eigenvalue weighted by Gasteiger charge is 2.22. The number of rotatable bonds is 11. The van der Waals surface area contributed by atoms with Crippen LogP contribution < -0.4 is 14.2 Å². The van der Waals surface area contributed by atoms with E-state index in [0.717, 1.165) is 11.1 Å². The Labute approximate surface area is 239 Å². The fourth-order valence-electron chi connectivity index (χ4n) is 3.71. The maximum Gasteiger partial charge on any atom is 0.316 e. The van der Waals surface area contributed by atoms with Gasteiger partial charge in [0, 0.05) is 18.0 Å². The maximum absolute atomic E-state index is 13.3. The van der Waals surface area contributed by atoms with Gasteiger partial charge in [-0.05, 0) is 35.6 Å². The van der Waals surface area contributed by atoms with Crippen LogP contribution in [0.3, 0.4) is 0 Å². The third-order valence-corrected chi connectivity index (χ3v) is 7.28. The molecule has 214 valence electrons. The lowest BCUT2D eigenvalue weighted by molar-refractivity contribution is 0.202. The Morgan fingerprint density at radius 2 is 1.56 bits per heavy atom. The van der Waals surface area contributed by atoms with E-state index in [0.29, 0.717) is 16.7 Å². The molecule has 0 aliphatic heterocycles. The second-order valence-corrected chi connectivity index (χ2v) is 11.7. The van der Waals surface area contributed by atoms with Crippen LogP contribution in [0, 0.1) is 6.92 Å². The number of nitrogens with one attached hydrogen (secondary N) is 1. The molecule has 41 heavy (non-hydrogen) atoms. The van der Waals surface area contributed by atoms with Crippen LogP contribution in [0.4, 0.5) is 5.82 Å². The SMILES string of the molecule is CON=Cc1cnc(OCCOc2ncnc(NS(=O)(=O)c3ccc(C(C)(C)C)cc3)c2-c2ccc(C)cc2)nc1. The van der Waals surface area contributed by atoms with Crippen molar-refractivity contribution >= 4 is 22.1 Å². The maximum atomic E-state index is 13.3. The van der Waals surface area contributed by atoms with Crippen LogP contribution in [0.25, 0.3) is 11.1 Å². The van der Waals surface area contributed by atoms with Gasteiger partial charge in [-0.3, -0.25) is 4.72 Å². The molecule has 0 amide bonds. The fourth-order valence-corrected chi connectivity index (χ4v) is 4.73. The zero-order chi connectivity index (χ0) is 29.5. The summed E-state index contributed by atoms with van der Waals surface area (Å²) in [5, 5.41) is 3.66. The number of hydrogen-bond acceptors (Lipinski definition) is 10. The third kappa shape index (κ3) is 7.76. The quantitative estimate of drug-likeness (QED) is 0.152. The summed E-state index contributed by atoms with van der Waals surface area (Å²) in [6.45, 7) is 8.37. The fraction of sp³-hybridized carbons (Fsp3) is 0.276. The first-order valence-electron chi connectivity index (χ1n) is 12.8. The zero-order valence-electron chi connectivity index (χ0n) is 23.5. The molecule has 2 aromatic carbocycles. The Hall–Kier alpha value is -4.58. The molecule has 0 saturated carbocycles. The first-order valence-corrected chi connectivity index (χ1v) is 14.2. The van der Waals surface area contributed by atoms with Crippen molar-refractivity contribution in [1.29, 1.82) is 0 Å². The summed E-state index contributed by atoms with van der Waals surface area (Å²) in [6.07, 6.45) is 5.81. The zero-order valence-corrected chi connectivity index (χ0v) is 24.3. The second-order valence-electron chi connectivity index (χ2n) is 10.1. The first-order chi connectivity index (χ1) is 19.6. The molecule has 4 rings (SSSR count). The Balaban J connectivity index is 1.54. The van der Waals surface area contributed by atoms with Gasteiger partial charge < -0.3 is 14.3 Å². The van der Waals surface area contributed by atoms with Crippen molar-refractivity contribution in [2.75, 3.05) is 25.0 Å². The number of aromatic nitrogens is 4. The highest BCUT2D eigenvalue weighted by atomic mass is 32.2. The van der Waals surface area contributed by atoms with Crippen LogP contribution in [-0.2, 0) is 20.3 Å². The van der Waals surface area contributed by atoms with Crippen molar-refractivity contribution < 1.29 is 22.7 Å². The number of ether oxygens (including phenoxy) is 2. The van der Waals surface area contributed by atoms with Crippen LogP contribution in [0.1, 0.15) is 37.5 Å². The molecule has 0 aliphatic carbocycles. The van der Waals surface area contributed by atoms with Gasteiger partial charge in [-0.25, -0.2) is 28.4 Å². The van der Waals surface area contributed by atoms with Gasteiger partial charge in [0.15, 0.2) is 5.82 Å². The number of sulfonamides is 1. The number of anilines is 1. The summed E-state index contributed by atoms with van der Waals surface area (Å²) in [7, 11) is -2.51. The van der Waals surface area contributed by atoms with E-state index in [1.165, 1.54) is 19.7 Å². The predicted octanol–water partition coefficient (Wildman–Crippen LogP) is 4.78. The topological polar surface area (TPSA) is 138 Å². The minimum absolute atomic E-state index is 0.0899. The van der Waals surface area contributed by atoms with Crippen LogP contribution in [0.15, 0.2) is 77.3 Å². The molecule has 0 spiro atoms. The monoisotopic (exact) mass is 576 g/mol. The molecule has 0 unspecified atom stereocenters. The summed E-state index contributed by atoms with van der Waals surface area (Å²) in [4.78, 5) is 21.5. The molecule has 0 saturated heterocycles. The lowest BCUT2D eigenvalue weighted by Crippen LogP contribution is -2.17. The van der Waals surface area contributed by atoms with E-state index in [2.05, 4.69) is 55.4 Å². The van der Waals surface area contributed by atoms with E-state index in [1.54, 1.807) is 24.5 Å². The summed E-state index contributed by atoms with van der Waals surface area (Å²) in [6, 6.07) is 14.5. The molecule has 4 aromatic rings. The largest absolute Gasteiger partial charge is 0.473 e. The summed E-state index contributed by atoms with van der Waals surface area (Å²) < 4.78 is 40.8. The lowest BCUT2D eigenvalue weighted by Gasteiger charge is -2.19. The van der Waals surface area contributed by atoms with Crippen LogP contribution in [0.2, 0.25) is 0 Å². The van der Waals surface area contributed by atoms with Crippen molar-refractivity contribution in [1.82, 2.24) is 19.9 Å². The van der Waals surface area contributed by atoms with E-state index in [1.807, 2.05) is 43.3 Å². The van der Waals surface area contributed by atoms with E-state index < -0.39 is 10.0 Å². The number of nitrogens with zero attached hydrogens (tertiary/aromatic N) is 5. The Bertz CT molecular complexity index is 1590. The lowest BCUT2D eigenvalue weighted by atomic mass is 9.87. The van der Waals surface area contributed by atoms with Gasteiger partial charge >= 0.3 is 6.01 Å². The molecule has 0 aliphatic rings. The highest BCUT2D eigenvalue weighted by molar-refractivity contribution is 7.92. The Kier molecular flexibility index (Phi) is 9.13. The molecular formula is C29H32N6O5S. The van der Waals surface area contributed by atoms with Gasteiger partial charge in [0.1, 0.15) is 26.7 Å². The average molecular weight is 577 g/mol. The van der Waals surface area contributed by atoms with Gasteiger partial charge in [0.2, 0.25) is 5.88 Å². The minimum Gasteiger partial charge on any atom is -0.473 e. The Morgan fingerprint density at radius 3 is 2.20 bits per heavy atom. The molecule has 2 aromatic heterocycles. The van der Waals surface area contributed by atoms with E-state index in [-0.39, 0.29) is 41.2 Å². The van der Waals surface area contributed by atoms with Gasteiger partial charge in [0.05, 0.1) is 16.7 Å². The minimum atomic E-state index is -3.96. The number of aryl methyl sites for hydroxylation is 1. The van der Waals surface area contributed by atoms with E-state index >= 15 is 0 Å². The second kappa shape index (κ2) is 12.7. The van der Waals surface area contributed by atoms with Gasteiger partial charge in [0.25, 0.3) is 10.0 Å². The molecule has 2 heterocycles. The van der Waals surface area contributed by atoms with Crippen molar-refractivity contribution in [3.63, 3.8) is 0 Å². The standard InChI is InChI=1S/C29H32N6O5S/c1-20-6-8-22(9-7-20)25-26(35-41(36,37)24-12-10-23(11-13-24)29(2,3)4)32-19-33-27(25)39-14-15-40-28-30-16-21(17-31-28)18-34-38-5/h6-13,16-19H,14-15H2,1-5H3,(H,32,33,35). The van der Waals surface area contributed by atoms with Crippen molar-refractivity contribution in [3.8, 4) is 23.0 Å². The summed E-state index contributed by atoms with van der Waals surface area (Å²) in [5.41, 5.74) is 3.70. The average Bonchev–Trinajstić information content (AvgIpc) is 2.95. The van der Waals surface area contributed by atoms with Crippen LogP contribution >= 0.6 is 0 Å². The van der Waals surface area contributed by atoms with Gasteiger partial charge in [-0.2, -0.15) is 0 Å². The Morgan fingerprint density at radius 1 is 0.902 bits per heavy atom. The molecular weight excluding hydrogens is 544 g/mol. The molecule has 12 heteroatoms. The van der Waals surface area contributed by atoms with Gasteiger partial charge in [-0.1, -0.05) is 67.9 Å². The number of benzene rings is 2. The van der Waals surface area contributed by atoms with Crippen LogP contribution in [0.5, 0.6) is 11.9 Å². The molecule has 1 N–H and O–H groups in total. The summed E-state index contributed by atoms with van der Waals surface area (Å²) in [5.74, 6) is 0.289. The van der Waals surface area contributed by atoms with Crippen molar-refractivity contribution in [2.24, 2.45) is 5.16 Å². The molecule has 0 atom stereocenters. The van der Waals surface area contributed by atoms with Crippen molar-refractivity contribution in [3.05, 3.63) is 83.9 Å². The molecule has 0 fully saturated rings. The third-order valence-electron chi connectivity index (χ3n) is 5.92. The molecule has 0 bridgehead atoms.